The first kappa shape index (κ1) is 12.6. The van der Waals surface area contributed by atoms with Gasteiger partial charge in [0.2, 0.25) is 5.95 Å². The zero-order valence-electron chi connectivity index (χ0n) is 10.5. The van der Waals surface area contributed by atoms with Crippen molar-refractivity contribution in [1.82, 2.24) is 20.2 Å². The van der Waals surface area contributed by atoms with Crippen molar-refractivity contribution in [3.8, 4) is 11.4 Å². The predicted octanol–water partition coefficient (Wildman–Crippen LogP) is 3.13. The molecule has 0 unspecified atom stereocenters. The number of aromatic amines is 1. The second kappa shape index (κ2) is 5.71. The Balaban J connectivity index is 1.73. The average Bonchev–Trinajstić information content (AvgIpc) is 3.00. The molecule has 0 aliphatic heterocycles. The number of nitrogens with one attached hydrogen (secondary N) is 2. The Morgan fingerprint density at radius 2 is 2.10 bits per heavy atom. The smallest absolute Gasteiger partial charge is 0.223 e. The summed E-state index contributed by atoms with van der Waals surface area (Å²) in [5.74, 6) is 0.561. The first-order valence-electron chi connectivity index (χ1n) is 6.13. The molecule has 0 radical (unpaired) electrons. The van der Waals surface area contributed by atoms with Crippen LogP contribution in [0.15, 0.2) is 48.8 Å². The van der Waals surface area contributed by atoms with E-state index >= 15 is 0 Å². The Labute approximate surface area is 121 Å². The number of hydrogen-bond acceptors (Lipinski definition) is 4. The number of nitrogens with zero attached hydrogens (tertiary/aromatic N) is 3. The van der Waals surface area contributed by atoms with Crippen LogP contribution in [0.4, 0.5) is 5.95 Å². The second-order valence-corrected chi connectivity index (χ2v) is 4.64. The molecule has 0 saturated carbocycles. The summed E-state index contributed by atoms with van der Waals surface area (Å²) in [5.41, 5.74) is 2.64. The van der Waals surface area contributed by atoms with Gasteiger partial charge in [-0.05, 0) is 29.8 Å². The molecule has 3 aromatic rings. The number of rotatable bonds is 4. The zero-order chi connectivity index (χ0) is 13.8. The molecule has 0 saturated heterocycles. The van der Waals surface area contributed by atoms with Crippen LogP contribution in [-0.2, 0) is 6.54 Å². The molecule has 2 N–H and O–H groups in total. The lowest BCUT2D eigenvalue weighted by atomic mass is 10.2. The van der Waals surface area contributed by atoms with Gasteiger partial charge in [0, 0.05) is 24.0 Å². The van der Waals surface area contributed by atoms with E-state index in [4.69, 9.17) is 11.6 Å². The number of halogens is 1. The van der Waals surface area contributed by atoms with Crippen molar-refractivity contribution in [2.24, 2.45) is 0 Å². The highest BCUT2D eigenvalue weighted by molar-refractivity contribution is 6.30. The Kier molecular flexibility index (Phi) is 3.60. The van der Waals surface area contributed by atoms with Crippen LogP contribution in [0.1, 0.15) is 5.56 Å². The molecule has 0 atom stereocenters. The van der Waals surface area contributed by atoms with Gasteiger partial charge in [-0.3, -0.25) is 5.10 Å². The number of aromatic nitrogens is 4. The van der Waals surface area contributed by atoms with Gasteiger partial charge in [-0.15, -0.1) is 0 Å². The highest BCUT2D eigenvalue weighted by Crippen LogP contribution is 2.15. The first-order valence-corrected chi connectivity index (χ1v) is 6.50. The van der Waals surface area contributed by atoms with E-state index in [9.17, 15) is 0 Å². The van der Waals surface area contributed by atoms with E-state index in [0.717, 1.165) is 22.0 Å². The topological polar surface area (TPSA) is 66.5 Å². The van der Waals surface area contributed by atoms with Gasteiger partial charge in [0.15, 0.2) is 0 Å². The Morgan fingerprint density at radius 1 is 1.15 bits per heavy atom. The molecule has 6 heteroatoms. The summed E-state index contributed by atoms with van der Waals surface area (Å²) in [6, 6.07) is 11.4. The molecular formula is C14H12ClN5. The molecule has 3 rings (SSSR count). The summed E-state index contributed by atoms with van der Waals surface area (Å²) in [4.78, 5) is 8.61. The fourth-order valence-electron chi connectivity index (χ4n) is 1.82. The van der Waals surface area contributed by atoms with Crippen LogP contribution in [0.3, 0.4) is 0 Å². The lowest BCUT2D eigenvalue weighted by Crippen LogP contribution is -2.03. The van der Waals surface area contributed by atoms with E-state index < -0.39 is 0 Å². The van der Waals surface area contributed by atoms with E-state index in [1.807, 2.05) is 36.4 Å². The van der Waals surface area contributed by atoms with Crippen LogP contribution in [0.2, 0.25) is 5.02 Å². The maximum atomic E-state index is 5.95. The Hall–Kier alpha value is -2.40. The van der Waals surface area contributed by atoms with Crippen LogP contribution >= 0.6 is 11.6 Å². The third kappa shape index (κ3) is 2.95. The van der Waals surface area contributed by atoms with Crippen molar-refractivity contribution in [3.05, 3.63) is 59.4 Å². The molecule has 0 aliphatic rings. The third-order valence-electron chi connectivity index (χ3n) is 2.76. The van der Waals surface area contributed by atoms with E-state index in [0.29, 0.717) is 12.5 Å². The van der Waals surface area contributed by atoms with Gasteiger partial charge >= 0.3 is 0 Å². The molecular weight excluding hydrogens is 274 g/mol. The fourth-order valence-corrected chi connectivity index (χ4v) is 2.03. The molecule has 5 nitrogen and oxygen atoms in total. The van der Waals surface area contributed by atoms with Gasteiger partial charge in [-0.1, -0.05) is 23.7 Å². The SMILES string of the molecule is Clc1cccc(CNc2nccc(-c3cc[nH]n3)n2)c1. The van der Waals surface area contributed by atoms with Crippen molar-refractivity contribution < 1.29 is 0 Å². The normalized spacial score (nSPS) is 10.4. The van der Waals surface area contributed by atoms with Gasteiger partial charge in [-0.25, -0.2) is 9.97 Å². The summed E-state index contributed by atoms with van der Waals surface area (Å²) in [6.07, 6.45) is 3.47. The molecule has 0 fully saturated rings. The van der Waals surface area contributed by atoms with Crippen LogP contribution in [-0.4, -0.2) is 20.2 Å². The minimum atomic E-state index is 0.561. The van der Waals surface area contributed by atoms with Gasteiger partial charge in [0.1, 0.15) is 5.69 Å². The summed E-state index contributed by atoms with van der Waals surface area (Å²) in [5, 5.41) is 10.8. The van der Waals surface area contributed by atoms with Crippen LogP contribution in [0.5, 0.6) is 0 Å². The fraction of sp³-hybridized carbons (Fsp3) is 0.0714. The molecule has 20 heavy (non-hydrogen) atoms. The van der Waals surface area contributed by atoms with Gasteiger partial charge in [0.05, 0.1) is 5.69 Å². The zero-order valence-corrected chi connectivity index (χ0v) is 11.3. The van der Waals surface area contributed by atoms with Gasteiger partial charge in [0.25, 0.3) is 0 Å². The minimum Gasteiger partial charge on any atom is -0.350 e. The standard InChI is InChI=1S/C14H12ClN5/c15-11-3-1-2-10(8-11)9-17-14-16-6-4-12(19-14)13-5-7-18-20-13/h1-8H,9H2,(H,18,20)(H,16,17,19). The number of H-pyrrole nitrogens is 1. The summed E-state index contributed by atoms with van der Waals surface area (Å²) >= 11 is 5.95. The number of hydrogen-bond donors (Lipinski definition) is 2. The van der Waals surface area contributed by atoms with E-state index in [1.54, 1.807) is 12.4 Å². The highest BCUT2D eigenvalue weighted by Gasteiger charge is 2.03. The second-order valence-electron chi connectivity index (χ2n) is 4.21. The number of benzene rings is 1. The molecule has 0 aliphatic carbocycles. The molecule has 0 amide bonds. The lowest BCUT2D eigenvalue weighted by Gasteiger charge is -2.06. The number of anilines is 1. The summed E-state index contributed by atoms with van der Waals surface area (Å²) in [6.45, 7) is 0.616. The first-order chi connectivity index (χ1) is 9.81. The van der Waals surface area contributed by atoms with Crippen molar-refractivity contribution in [1.29, 1.82) is 0 Å². The molecule has 0 spiro atoms. The van der Waals surface area contributed by atoms with Crippen LogP contribution in [0, 0.1) is 0 Å². The quantitative estimate of drug-likeness (QED) is 0.773. The predicted molar refractivity (Wildman–Crippen MR) is 78.4 cm³/mol. The monoisotopic (exact) mass is 285 g/mol. The largest absolute Gasteiger partial charge is 0.350 e. The van der Waals surface area contributed by atoms with Crippen molar-refractivity contribution in [3.63, 3.8) is 0 Å². The van der Waals surface area contributed by atoms with Crippen LogP contribution in [0.25, 0.3) is 11.4 Å². The highest BCUT2D eigenvalue weighted by atomic mass is 35.5. The van der Waals surface area contributed by atoms with Crippen molar-refractivity contribution in [2.45, 2.75) is 6.54 Å². The molecule has 1 aromatic carbocycles. The molecule has 0 bridgehead atoms. The molecule has 2 heterocycles. The molecule has 2 aromatic heterocycles. The maximum absolute atomic E-state index is 5.95. The van der Waals surface area contributed by atoms with Gasteiger partial charge < -0.3 is 5.32 Å². The van der Waals surface area contributed by atoms with Gasteiger partial charge in [-0.2, -0.15) is 5.10 Å². The summed E-state index contributed by atoms with van der Waals surface area (Å²) in [7, 11) is 0. The average molecular weight is 286 g/mol. The van der Waals surface area contributed by atoms with E-state index in [1.165, 1.54) is 0 Å². The van der Waals surface area contributed by atoms with Crippen molar-refractivity contribution in [2.75, 3.05) is 5.32 Å². The Bertz CT molecular complexity index is 696. The summed E-state index contributed by atoms with van der Waals surface area (Å²) < 4.78 is 0. The van der Waals surface area contributed by atoms with E-state index in [-0.39, 0.29) is 0 Å². The van der Waals surface area contributed by atoms with E-state index in [2.05, 4.69) is 25.5 Å². The third-order valence-corrected chi connectivity index (χ3v) is 2.99. The Morgan fingerprint density at radius 3 is 2.90 bits per heavy atom. The maximum Gasteiger partial charge on any atom is 0.223 e. The van der Waals surface area contributed by atoms with Crippen molar-refractivity contribution >= 4 is 17.5 Å². The minimum absolute atomic E-state index is 0.561. The molecule has 100 valence electrons. The van der Waals surface area contributed by atoms with Crippen LogP contribution < -0.4 is 5.32 Å². The lowest BCUT2D eigenvalue weighted by molar-refractivity contribution is 1.04.